The molecule has 2 saturated heterocycles. The van der Waals surface area contributed by atoms with E-state index in [0.717, 1.165) is 25.9 Å². The van der Waals surface area contributed by atoms with Crippen molar-refractivity contribution in [3.8, 4) is 0 Å². The standard InChI is InChI=1S/C23H34N2O3/c1-22(2,3)28-21(27)25-13-9-20(26)19(16-25)24-14-11-23(12-15-24)10-8-17-6-4-5-7-18(17)23/h4-7,19-20,26H,8-16H2,1-3H3/t19-,20-/m0/s1. The van der Waals surface area contributed by atoms with Gasteiger partial charge in [0.15, 0.2) is 0 Å². The first-order valence-electron chi connectivity index (χ1n) is 10.8. The molecule has 2 heterocycles. The molecular weight excluding hydrogens is 352 g/mol. The number of amides is 1. The van der Waals surface area contributed by atoms with Crippen LogP contribution in [0.3, 0.4) is 0 Å². The number of fused-ring (bicyclic) bond motifs is 2. The summed E-state index contributed by atoms with van der Waals surface area (Å²) in [4.78, 5) is 16.7. The van der Waals surface area contributed by atoms with Crippen molar-refractivity contribution in [1.29, 1.82) is 0 Å². The van der Waals surface area contributed by atoms with Crippen molar-refractivity contribution >= 4 is 6.09 Å². The molecular formula is C23H34N2O3. The Morgan fingerprint density at radius 2 is 1.86 bits per heavy atom. The average molecular weight is 387 g/mol. The lowest BCUT2D eigenvalue weighted by Gasteiger charge is -2.47. The highest BCUT2D eigenvalue weighted by molar-refractivity contribution is 5.68. The number of piperidine rings is 2. The highest BCUT2D eigenvalue weighted by Gasteiger charge is 2.44. The van der Waals surface area contributed by atoms with E-state index in [-0.39, 0.29) is 18.2 Å². The summed E-state index contributed by atoms with van der Waals surface area (Å²) < 4.78 is 5.55. The number of aryl methyl sites for hydroxylation is 1. The molecule has 28 heavy (non-hydrogen) atoms. The van der Waals surface area contributed by atoms with Crippen LogP contribution in [0.1, 0.15) is 57.6 Å². The minimum absolute atomic E-state index is 0.00950. The molecule has 5 nitrogen and oxygen atoms in total. The third-order valence-electron chi connectivity index (χ3n) is 6.88. The van der Waals surface area contributed by atoms with Gasteiger partial charge < -0.3 is 14.7 Å². The minimum Gasteiger partial charge on any atom is -0.444 e. The van der Waals surface area contributed by atoms with Gasteiger partial charge in [-0.25, -0.2) is 4.79 Å². The van der Waals surface area contributed by atoms with Crippen LogP contribution in [0.15, 0.2) is 24.3 Å². The fourth-order valence-corrected chi connectivity index (χ4v) is 5.34. The molecule has 4 rings (SSSR count). The van der Waals surface area contributed by atoms with Gasteiger partial charge in [0.1, 0.15) is 5.60 Å². The van der Waals surface area contributed by atoms with Crippen molar-refractivity contribution in [2.75, 3.05) is 26.2 Å². The SMILES string of the molecule is CC(C)(C)OC(=O)N1CC[C@H](O)[C@@H](N2CCC3(CCc4ccccc43)CC2)C1. The molecule has 0 saturated carbocycles. The monoisotopic (exact) mass is 386 g/mol. The number of aliphatic hydroxyl groups excluding tert-OH is 1. The molecule has 2 atom stereocenters. The Bertz CT molecular complexity index is 719. The number of carbonyl (C=O) groups excluding carboxylic acids is 1. The molecule has 5 heteroatoms. The second-order valence-corrected chi connectivity index (χ2v) is 9.82. The van der Waals surface area contributed by atoms with Crippen molar-refractivity contribution in [1.82, 2.24) is 9.80 Å². The Kier molecular flexibility index (Phi) is 5.17. The van der Waals surface area contributed by atoms with Gasteiger partial charge in [0.2, 0.25) is 0 Å². The number of aliphatic hydroxyl groups is 1. The predicted molar refractivity (Wildman–Crippen MR) is 109 cm³/mol. The van der Waals surface area contributed by atoms with Gasteiger partial charge in [0, 0.05) is 13.1 Å². The van der Waals surface area contributed by atoms with Crippen LogP contribution in [0.5, 0.6) is 0 Å². The summed E-state index contributed by atoms with van der Waals surface area (Å²) in [6.45, 7) is 8.77. The van der Waals surface area contributed by atoms with Crippen LogP contribution < -0.4 is 0 Å². The molecule has 0 aromatic heterocycles. The highest BCUT2D eigenvalue weighted by atomic mass is 16.6. The summed E-state index contributed by atoms with van der Waals surface area (Å²) in [5.41, 5.74) is 2.90. The lowest BCUT2D eigenvalue weighted by Crippen LogP contribution is -2.59. The minimum atomic E-state index is -0.490. The third-order valence-corrected chi connectivity index (χ3v) is 6.88. The number of hydrogen-bond donors (Lipinski definition) is 1. The van der Waals surface area contributed by atoms with E-state index in [2.05, 4.69) is 29.2 Å². The van der Waals surface area contributed by atoms with Gasteiger partial charge in [0.25, 0.3) is 0 Å². The lowest BCUT2D eigenvalue weighted by atomic mass is 9.73. The summed E-state index contributed by atoms with van der Waals surface area (Å²) in [6, 6.07) is 8.92. The zero-order valence-corrected chi connectivity index (χ0v) is 17.5. The fourth-order valence-electron chi connectivity index (χ4n) is 5.34. The first kappa shape index (κ1) is 19.7. The fraction of sp³-hybridized carbons (Fsp3) is 0.696. The molecule has 3 aliphatic rings. The Balaban J connectivity index is 1.40. The van der Waals surface area contributed by atoms with Crippen LogP contribution in [0.2, 0.25) is 0 Å². The van der Waals surface area contributed by atoms with Crippen LogP contribution in [0.25, 0.3) is 0 Å². The van der Waals surface area contributed by atoms with E-state index in [1.54, 1.807) is 10.5 Å². The Labute approximate surface area is 168 Å². The number of nitrogens with zero attached hydrogens (tertiary/aromatic N) is 2. The summed E-state index contributed by atoms with van der Waals surface area (Å²) >= 11 is 0. The first-order valence-corrected chi connectivity index (χ1v) is 10.8. The quantitative estimate of drug-likeness (QED) is 0.804. The molecule has 2 fully saturated rings. The number of carbonyl (C=O) groups is 1. The highest BCUT2D eigenvalue weighted by Crippen LogP contribution is 2.46. The molecule has 1 aliphatic carbocycles. The summed E-state index contributed by atoms with van der Waals surface area (Å²) in [5, 5.41) is 10.6. The van der Waals surface area contributed by atoms with E-state index >= 15 is 0 Å². The third kappa shape index (κ3) is 3.79. The van der Waals surface area contributed by atoms with Crippen molar-refractivity contribution in [3.63, 3.8) is 0 Å². The summed E-state index contributed by atoms with van der Waals surface area (Å²) in [5.74, 6) is 0. The van der Waals surface area contributed by atoms with Gasteiger partial charge in [0.05, 0.1) is 12.1 Å². The van der Waals surface area contributed by atoms with Crippen LogP contribution in [0.4, 0.5) is 4.79 Å². The van der Waals surface area contributed by atoms with Crippen molar-refractivity contribution in [2.45, 2.75) is 76.0 Å². The van der Waals surface area contributed by atoms with Gasteiger partial charge >= 0.3 is 6.09 Å². The maximum atomic E-state index is 12.5. The van der Waals surface area contributed by atoms with Gasteiger partial charge in [-0.05, 0) is 82.5 Å². The van der Waals surface area contributed by atoms with Gasteiger partial charge in [-0.1, -0.05) is 24.3 Å². The normalized spacial score (nSPS) is 27.6. The largest absolute Gasteiger partial charge is 0.444 e. The van der Waals surface area contributed by atoms with Crippen molar-refractivity contribution in [2.24, 2.45) is 0 Å². The zero-order valence-electron chi connectivity index (χ0n) is 17.5. The second-order valence-electron chi connectivity index (χ2n) is 9.82. The summed E-state index contributed by atoms with van der Waals surface area (Å²) in [7, 11) is 0. The molecule has 1 aromatic carbocycles. The Hall–Kier alpha value is -1.59. The smallest absolute Gasteiger partial charge is 0.410 e. The molecule has 154 valence electrons. The number of hydrogen-bond acceptors (Lipinski definition) is 4. The molecule has 0 bridgehead atoms. The van der Waals surface area contributed by atoms with E-state index in [1.165, 1.54) is 18.4 Å². The molecule has 0 unspecified atom stereocenters. The van der Waals surface area contributed by atoms with Crippen molar-refractivity contribution < 1.29 is 14.6 Å². The molecule has 1 amide bonds. The van der Waals surface area contributed by atoms with Crippen LogP contribution in [0, 0.1) is 0 Å². The van der Waals surface area contributed by atoms with E-state index < -0.39 is 5.60 Å². The van der Waals surface area contributed by atoms with E-state index in [9.17, 15) is 9.90 Å². The van der Waals surface area contributed by atoms with Gasteiger partial charge in [-0.15, -0.1) is 0 Å². The van der Waals surface area contributed by atoms with Crippen molar-refractivity contribution in [3.05, 3.63) is 35.4 Å². The van der Waals surface area contributed by atoms with E-state index in [4.69, 9.17) is 4.74 Å². The zero-order chi connectivity index (χ0) is 19.9. The first-order chi connectivity index (χ1) is 13.3. The topological polar surface area (TPSA) is 53.0 Å². The average Bonchev–Trinajstić information content (AvgIpc) is 3.00. The maximum Gasteiger partial charge on any atom is 0.410 e. The number of rotatable bonds is 1. The molecule has 1 spiro atoms. The Morgan fingerprint density at radius 3 is 2.57 bits per heavy atom. The summed E-state index contributed by atoms with van der Waals surface area (Å²) in [6.07, 6.45) is 4.70. The van der Waals surface area contributed by atoms with Crippen LogP contribution in [-0.4, -0.2) is 64.9 Å². The van der Waals surface area contributed by atoms with Crippen LogP contribution in [-0.2, 0) is 16.6 Å². The van der Waals surface area contributed by atoms with Gasteiger partial charge in [-0.3, -0.25) is 4.90 Å². The maximum absolute atomic E-state index is 12.5. The molecule has 0 radical (unpaired) electrons. The Morgan fingerprint density at radius 1 is 1.14 bits per heavy atom. The lowest BCUT2D eigenvalue weighted by molar-refractivity contribution is -0.0369. The van der Waals surface area contributed by atoms with Gasteiger partial charge in [-0.2, -0.15) is 0 Å². The van der Waals surface area contributed by atoms with E-state index in [0.29, 0.717) is 24.9 Å². The van der Waals surface area contributed by atoms with E-state index in [1.807, 2.05) is 20.8 Å². The number of benzene rings is 1. The van der Waals surface area contributed by atoms with Crippen LogP contribution >= 0.6 is 0 Å². The second kappa shape index (κ2) is 7.34. The molecule has 2 aliphatic heterocycles. The molecule has 1 N–H and O–H groups in total. The molecule has 1 aromatic rings. The predicted octanol–water partition coefficient (Wildman–Crippen LogP) is 3.34. The number of likely N-dealkylation sites (tertiary alicyclic amines) is 2. The number of ether oxygens (including phenoxy) is 1.